The van der Waals surface area contributed by atoms with Crippen LogP contribution in [0.2, 0.25) is 25.7 Å². The molecule has 1 saturated carbocycles. The number of imidazole rings is 1. The number of hydrogen-bond donors (Lipinski definition) is 0. The largest absolute Gasteiger partial charge is 0.376 e. The van der Waals surface area contributed by atoms with Gasteiger partial charge in [-0.3, -0.25) is 14.3 Å². The highest BCUT2D eigenvalue weighted by atomic mass is 28.3. The van der Waals surface area contributed by atoms with E-state index < -0.39 is 13.9 Å². The average Bonchev–Trinajstić information content (AvgIpc) is 3.73. The molecule has 260 valence electrons. The molecule has 12 heteroatoms. The molecule has 0 spiro atoms. The summed E-state index contributed by atoms with van der Waals surface area (Å²) in [5.41, 5.74) is 4.53. The molecule has 1 aromatic carbocycles. The molecule has 5 heterocycles. The Hall–Kier alpha value is -4.41. The van der Waals surface area contributed by atoms with Gasteiger partial charge in [0.15, 0.2) is 0 Å². The fraction of sp³-hybridized carbons (Fsp3) is 0.421. The molecule has 5 aromatic rings. The number of aryl methyl sites for hydroxylation is 1. The molecular weight excluding hydrogens is 650 g/mol. The predicted octanol–water partition coefficient (Wildman–Crippen LogP) is 6.68. The highest BCUT2D eigenvalue weighted by Gasteiger charge is 2.30. The van der Waals surface area contributed by atoms with Gasteiger partial charge in [-0.25, -0.2) is 14.4 Å². The molecule has 0 N–H and O–H groups in total. The maximum atomic E-state index is 14.8. The Kier molecular flexibility index (Phi) is 9.34. The SMILES string of the molecule is C[C@@H]1CN(Cc2cc3c(C4CC4)cn(-c4cc(-c5ccc(F)cc5-c5nccn5C)cc(C#N)n4)c(=O)c3n2COCC[Si](C)(C)C)CCO1. The van der Waals surface area contributed by atoms with Crippen molar-refractivity contribution in [2.75, 3.05) is 26.3 Å². The Labute approximate surface area is 292 Å². The molecule has 10 nitrogen and oxygen atoms in total. The van der Waals surface area contributed by atoms with E-state index in [9.17, 15) is 14.4 Å². The third kappa shape index (κ3) is 7.09. The second-order valence-electron chi connectivity index (χ2n) is 14.9. The Balaban J connectivity index is 1.38. The normalized spacial score (nSPS) is 17.0. The second-order valence-corrected chi connectivity index (χ2v) is 20.5. The molecule has 0 amide bonds. The van der Waals surface area contributed by atoms with Gasteiger partial charge in [0.25, 0.3) is 5.56 Å². The molecule has 1 atom stereocenters. The van der Waals surface area contributed by atoms with Crippen molar-refractivity contribution in [3.05, 3.63) is 88.1 Å². The molecule has 4 aromatic heterocycles. The summed E-state index contributed by atoms with van der Waals surface area (Å²) in [6.45, 7) is 13.0. The highest BCUT2D eigenvalue weighted by molar-refractivity contribution is 6.76. The summed E-state index contributed by atoms with van der Waals surface area (Å²) in [6.07, 6.45) is 7.60. The van der Waals surface area contributed by atoms with Crippen molar-refractivity contribution < 1.29 is 13.9 Å². The lowest BCUT2D eigenvalue weighted by Crippen LogP contribution is -2.40. The summed E-state index contributed by atoms with van der Waals surface area (Å²) < 4.78 is 32.2. The molecule has 7 rings (SSSR count). The summed E-state index contributed by atoms with van der Waals surface area (Å²) >= 11 is 0. The lowest BCUT2D eigenvalue weighted by atomic mass is 9.98. The minimum atomic E-state index is -1.32. The first-order valence-corrected chi connectivity index (χ1v) is 21.1. The van der Waals surface area contributed by atoms with E-state index in [0.29, 0.717) is 59.5 Å². The number of morpholine rings is 1. The topological polar surface area (TPSA) is 103 Å². The summed E-state index contributed by atoms with van der Waals surface area (Å²) in [4.78, 5) is 26.3. The van der Waals surface area contributed by atoms with Gasteiger partial charge >= 0.3 is 0 Å². The van der Waals surface area contributed by atoms with Crippen molar-refractivity contribution in [1.82, 2.24) is 28.6 Å². The Bertz CT molecular complexity index is 2150. The zero-order chi connectivity index (χ0) is 35.2. The van der Waals surface area contributed by atoms with E-state index >= 15 is 0 Å². The van der Waals surface area contributed by atoms with Crippen LogP contribution in [-0.2, 0) is 29.8 Å². The summed E-state index contributed by atoms with van der Waals surface area (Å²) in [5.74, 6) is 0.849. The Morgan fingerprint density at radius 2 is 1.96 bits per heavy atom. The van der Waals surface area contributed by atoms with E-state index in [0.717, 1.165) is 48.6 Å². The molecular formula is C38H44FN7O3Si. The third-order valence-electron chi connectivity index (χ3n) is 9.66. The number of hydrogen-bond acceptors (Lipinski definition) is 7. The number of aromatic nitrogens is 5. The van der Waals surface area contributed by atoms with Crippen molar-refractivity contribution >= 4 is 19.0 Å². The van der Waals surface area contributed by atoms with Crippen molar-refractivity contribution in [1.29, 1.82) is 5.26 Å². The minimum absolute atomic E-state index is 0.139. The van der Waals surface area contributed by atoms with Gasteiger partial charge in [0.2, 0.25) is 0 Å². The lowest BCUT2D eigenvalue weighted by molar-refractivity contribution is -0.0224. The monoisotopic (exact) mass is 693 g/mol. The van der Waals surface area contributed by atoms with Gasteiger partial charge in [0.05, 0.1) is 12.7 Å². The van der Waals surface area contributed by atoms with Crippen LogP contribution in [0.25, 0.3) is 39.2 Å². The summed E-state index contributed by atoms with van der Waals surface area (Å²) in [5, 5.41) is 11.1. The van der Waals surface area contributed by atoms with Gasteiger partial charge in [-0.15, -0.1) is 0 Å². The fourth-order valence-corrected chi connectivity index (χ4v) is 7.59. The standard InChI is InChI=1S/C38H44FN7O3Si/c1-25-21-44(12-13-49-25)22-30-19-32-34(26-6-7-26)23-45(38(47)36(32)46(30)24-48-14-15-50(3,4)5)35-17-27(16-29(20-40)42-35)31-9-8-28(39)18-33(31)37-41-10-11-43(37)2/h8-11,16-19,23,25-26H,6-7,12-15,21-22,24H2,1-5H3/t25-/m1/s1. The summed E-state index contributed by atoms with van der Waals surface area (Å²) in [6, 6.07) is 13.4. The zero-order valence-electron chi connectivity index (χ0n) is 29.4. The van der Waals surface area contributed by atoms with Crippen LogP contribution >= 0.6 is 0 Å². The van der Waals surface area contributed by atoms with Crippen LogP contribution in [0.4, 0.5) is 4.39 Å². The van der Waals surface area contributed by atoms with Crippen LogP contribution in [0.3, 0.4) is 0 Å². The summed E-state index contributed by atoms with van der Waals surface area (Å²) in [7, 11) is 0.526. The lowest BCUT2D eigenvalue weighted by Gasteiger charge is -2.31. The van der Waals surface area contributed by atoms with Crippen LogP contribution < -0.4 is 5.56 Å². The zero-order valence-corrected chi connectivity index (χ0v) is 30.4. The quantitative estimate of drug-likeness (QED) is 0.112. The first-order valence-electron chi connectivity index (χ1n) is 17.4. The number of nitriles is 1. The maximum absolute atomic E-state index is 14.8. The molecule has 0 bridgehead atoms. The maximum Gasteiger partial charge on any atom is 0.280 e. The van der Waals surface area contributed by atoms with Crippen molar-refractivity contribution in [2.24, 2.45) is 7.05 Å². The average molecular weight is 694 g/mol. The highest BCUT2D eigenvalue weighted by Crippen LogP contribution is 2.43. The molecule has 1 saturated heterocycles. The molecule has 1 aliphatic heterocycles. The van der Waals surface area contributed by atoms with E-state index in [-0.39, 0.29) is 24.1 Å². The smallest absolute Gasteiger partial charge is 0.280 e. The Morgan fingerprint density at radius 3 is 2.66 bits per heavy atom. The van der Waals surface area contributed by atoms with Crippen LogP contribution in [0.5, 0.6) is 0 Å². The number of fused-ring (bicyclic) bond motifs is 1. The molecule has 2 aliphatic rings. The number of ether oxygens (including phenoxy) is 2. The molecule has 1 aliphatic carbocycles. The van der Waals surface area contributed by atoms with Gasteiger partial charge in [0.1, 0.15) is 41.5 Å². The van der Waals surface area contributed by atoms with Crippen molar-refractivity contribution in [2.45, 2.75) is 70.7 Å². The van der Waals surface area contributed by atoms with Crippen molar-refractivity contribution in [3.8, 4) is 34.4 Å². The van der Waals surface area contributed by atoms with Crippen LogP contribution in [0, 0.1) is 17.1 Å². The predicted molar refractivity (Wildman–Crippen MR) is 194 cm³/mol. The van der Waals surface area contributed by atoms with E-state index in [1.165, 1.54) is 12.1 Å². The van der Waals surface area contributed by atoms with E-state index in [1.54, 1.807) is 35.2 Å². The third-order valence-corrected chi connectivity index (χ3v) is 11.4. The molecule has 0 radical (unpaired) electrons. The van der Waals surface area contributed by atoms with Gasteiger partial charge in [-0.05, 0) is 78.7 Å². The number of nitrogens with zero attached hydrogens (tertiary/aromatic N) is 7. The first kappa shape index (κ1) is 34.1. The van der Waals surface area contributed by atoms with Crippen LogP contribution in [-0.4, -0.2) is 69.1 Å². The molecule has 2 fully saturated rings. The minimum Gasteiger partial charge on any atom is -0.376 e. The molecule has 0 unspecified atom stereocenters. The van der Waals surface area contributed by atoms with Crippen LogP contribution in [0.15, 0.2) is 59.8 Å². The van der Waals surface area contributed by atoms with E-state index in [1.807, 2.05) is 17.8 Å². The molecule has 50 heavy (non-hydrogen) atoms. The number of rotatable bonds is 11. The van der Waals surface area contributed by atoms with Crippen LogP contribution in [0.1, 0.15) is 42.6 Å². The fourth-order valence-electron chi connectivity index (χ4n) is 6.83. The van der Waals surface area contributed by atoms with E-state index in [4.69, 9.17) is 9.47 Å². The first-order chi connectivity index (χ1) is 24.0. The van der Waals surface area contributed by atoms with E-state index in [2.05, 4.69) is 58.1 Å². The van der Waals surface area contributed by atoms with Gasteiger partial charge in [-0.1, -0.05) is 25.7 Å². The second kappa shape index (κ2) is 13.7. The van der Waals surface area contributed by atoms with Gasteiger partial charge < -0.3 is 18.6 Å². The Morgan fingerprint density at radius 1 is 1.14 bits per heavy atom. The van der Waals surface area contributed by atoms with Gasteiger partial charge in [0, 0.05) is 76.6 Å². The number of pyridine rings is 2. The number of benzene rings is 1. The number of halogens is 1. The van der Waals surface area contributed by atoms with Crippen molar-refractivity contribution in [3.63, 3.8) is 0 Å². The van der Waals surface area contributed by atoms with Gasteiger partial charge in [-0.2, -0.15) is 5.26 Å².